The summed E-state index contributed by atoms with van der Waals surface area (Å²) in [7, 11) is 0. The number of ether oxygens (including phenoxy) is 2. The van der Waals surface area contributed by atoms with Crippen molar-refractivity contribution in [1.82, 2.24) is 0 Å². The Bertz CT molecular complexity index is 1330. The highest BCUT2D eigenvalue weighted by molar-refractivity contribution is 5.84. The first-order valence-corrected chi connectivity index (χ1v) is 19.8. The predicted molar refractivity (Wildman–Crippen MR) is 223 cm³/mol. The Morgan fingerprint density at radius 2 is 0.846 bits per heavy atom. The van der Waals surface area contributed by atoms with Gasteiger partial charge in [-0.15, -0.1) is 0 Å². The summed E-state index contributed by atoms with van der Waals surface area (Å²) in [5.74, 6) is -0.381. The number of hydrogen-bond donors (Lipinski definition) is 0. The van der Waals surface area contributed by atoms with Crippen LogP contribution in [0.15, 0.2) is 146 Å². The first-order chi connectivity index (χ1) is 25.7. The van der Waals surface area contributed by atoms with Crippen molar-refractivity contribution in [2.24, 2.45) is 0 Å². The van der Waals surface area contributed by atoms with E-state index in [1.54, 1.807) is 36.4 Å². The molecule has 0 unspecified atom stereocenters. The lowest BCUT2D eigenvalue weighted by Crippen LogP contribution is -2.05. The molecule has 1 rings (SSSR count). The van der Waals surface area contributed by atoms with Gasteiger partial charge in [0.05, 0.1) is 6.61 Å². The van der Waals surface area contributed by atoms with Gasteiger partial charge in [0, 0.05) is 18.6 Å². The van der Waals surface area contributed by atoms with E-state index in [2.05, 4.69) is 38.2 Å². The molecule has 0 heterocycles. The van der Waals surface area contributed by atoms with Crippen LogP contribution in [0.5, 0.6) is 5.75 Å². The lowest BCUT2D eigenvalue weighted by molar-refractivity contribution is -0.137. The number of carbonyl (C=O) groups is 2. The summed E-state index contributed by atoms with van der Waals surface area (Å²) >= 11 is 0. The number of allylic oxidation sites excluding steroid dienone is 18. The maximum atomic E-state index is 12.1. The molecule has 0 saturated carbocycles. The third-order valence-corrected chi connectivity index (χ3v) is 8.02. The molecule has 4 nitrogen and oxygen atoms in total. The van der Waals surface area contributed by atoms with E-state index >= 15 is 0 Å². The minimum absolute atomic E-state index is 0.262. The van der Waals surface area contributed by atoms with Crippen molar-refractivity contribution in [3.8, 4) is 5.75 Å². The van der Waals surface area contributed by atoms with Crippen LogP contribution < -0.4 is 4.74 Å². The molecule has 0 bridgehead atoms. The van der Waals surface area contributed by atoms with Crippen LogP contribution in [0, 0.1) is 0 Å². The quantitative estimate of drug-likeness (QED) is 0.0263. The van der Waals surface area contributed by atoms with Crippen LogP contribution in [0.3, 0.4) is 0 Å². The molecule has 0 N–H and O–H groups in total. The van der Waals surface area contributed by atoms with Gasteiger partial charge in [0.1, 0.15) is 5.75 Å². The van der Waals surface area contributed by atoms with Gasteiger partial charge in [-0.2, -0.15) is 0 Å². The zero-order chi connectivity index (χ0) is 37.4. The fraction of sp³-hybridized carbons (Fsp3) is 0.417. The second-order valence-electron chi connectivity index (χ2n) is 12.7. The Hall–Kier alpha value is -4.44. The normalized spacial score (nSPS) is 12.8. The average Bonchev–Trinajstić information content (AvgIpc) is 3.15. The van der Waals surface area contributed by atoms with Gasteiger partial charge < -0.3 is 9.47 Å². The van der Waals surface area contributed by atoms with Crippen molar-refractivity contribution in [2.75, 3.05) is 6.61 Å². The third kappa shape index (κ3) is 31.5. The summed E-state index contributed by atoms with van der Waals surface area (Å²) in [6.45, 7) is 4.77. The van der Waals surface area contributed by atoms with Crippen molar-refractivity contribution in [3.63, 3.8) is 0 Å². The Labute approximate surface area is 316 Å². The molecule has 0 aliphatic carbocycles. The van der Waals surface area contributed by atoms with Crippen LogP contribution in [-0.2, 0) is 20.7 Å². The van der Waals surface area contributed by atoms with Crippen molar-refractivity contribution < 1.29 is 19.1 Å². The van der Waals surface area contributed by atoms with Crippen LogP contribution in [0.4, 0.5) is 0 Å². The van der Waals surface area contributed by atoms with Crippen molar-refractivity contribution in [2.45, 2.75) is 123 Å². The van der Waals surface area contributed by atoms with E-state index in [4.69, 9.17) is 9.47 Å². The fourth-order valence-corrected chi connectivity index (χ4v) is 5.02. The number of hydrogen-bond acceptors (Lipinski definition) is 4. The van der Waals surface area contributed by atoms with Gasteiger partial charge in [0.25, 0.3) is 0 Å². The highest BCUT2D eigenvalue weighted by Gasteiger charge is 2.02. The molecule has 1 aromatic carbocycles. The number of carbonyl (C=O) groups excluding carboxylic acids is 2. The van der Waals surface area contributed by atoms with Crippen molar-refractivity contribution in [1.29, 1.82) is 0 Å². The number of esters is 2. The van der Waals surface area contributed by atoms with E-state index in [0.717, 1.165) is 18.4 Å². The van der Waals surface area contributed by atoms with E-state index in [1.165, 1.54) is 102 Å². The molecule has 0 aliphatic heterocycles. The molecule has 0 atom stereocenters. The Balaban J connectivity index is 2.15. The number of benzene rings is 1. The maximum absolute atomic E-state index is 12.1. The van der Waals surface area contributed by atoms with E-state index in [-0.39, 0.29) is 12.6 Å². The van der Waals surface area contributed by atoms with Crippen molar-refractivity contribution >= 4 is 11.9 Å². The molecule has 0 radical (unpaired) electrons. The predicted octanol–water partition coefficient (Wildman–Crippen LogP) is 13.5. The SMILES string of the molecule is CCCCCCCCCC=CC=CC=CC=CC=CC(=O)OCCc1ccc(OC(=O)C=CC=CC=CC=CC=CCCCCCCCCC)cc1. The zero-order valence-electron chi connectivity index (χ0n) is 32.2. The van der Waals surface area contributed by atoms with Crippen LogP contribution in [0.25, 0.3) is 0 Å². The van der Waals surface area contributed by atoms with Gasteiger partial charge in [-0.05, 0) is 43.4 Å². The molecule has 0 saturated heterocycles. The van der Waals surface area contributed by atoms with Crippen molar-refractivity contribution in [3.05, 3.63) is 151 Å². The van der Waals surface area contributed by atoms with Gasteiger partial charge in [0.2, 0.25) is 0 Å². The van der Waals surface area contributed by atoms with Gasteiger partial charge in [-0.1, -0.05) is 212 Å². The van der Waals surface area contributed by atoms with Crippen LogP contribution in [-0.4, -0.2) is 18.5 Å². The van der Waals surface area contributed by atoms with E-state index in [1.807, 2.05) is 72.9 Å². The molecule has 282 valence electrons. The standard InChI is InChI=1S/C48H66O4/c1-3-5-7-9-11-13-15-17-19-21-23-25-27-29-31-33-35-37-47(49)51-44-43-45-39-41-46(42-40-45)52-48(50)38-36-34-32-30-28-26-24-22-20-18-16-14-12-10-8-6-4-2/h19-42H,3-18,43-44H2,1-2H3. The first-order valence-electron chi connectivity index (χ1n) is 19.8. The van der Waals surface area contributed by atoms with Gasteiger partial charge in [0.15, 0.2) is 0 Å². The molecule has 0 amide bonds. The maximum Gasteiger partial charge on any atom is 0.336 e. The molecule has 52 heavy (non-hydrogen) atoms. The smallest absolute Gasteiger partial charge is 0.336 e. The van der Waals surface area contributed by atoms with Gasteiger partial charge in [-0.25, -0.2) is 9.59 Å². The van der Waals surface area contributed by atoms with E-state index in [0.29, 0.717) is 12.2 Å². The molecular formula is C48H66O4. The summed E-state index contributed by atoms with van der Waals surface area (Å²) in [6, 6.07) is 7.18. The summed E-state index contributed by atoms with van der Waals surface area (Å²) in [5, 5.41) is 0. The second kappa shape index (κ2) is 36.4. The van der Waals surface area contributed by atoms with Gasteiger partial charge in [-0.3, -0.25) is 0 Å². The van der Waals surface area contributed by atoms with Gasteiger partial charge >= 0.3 is 11.9 Å². The average molecular weight is 707 g/mol. The highest BCUT2D eigenvalue weighted by Crippen LogP contribution is 2.13. The molecule has 0 spiro atoms. The molecule has 1 aromatic rings. The zero-order valence-corrected chi connectivity index (χ0v) is 32.2. The topological polar surface area (TPSA) is 52.6 Å². The largest absolute Gasteiger partial charge is 0.462 e. The lowest BCUT2D eigenvalue weighted by atomic mass is 10.1. The highest BCUT2D eigenvalue weighted by atomic mass is 16.5. The number of unbranched alkanes of at least 4 members (excludes halogenated alkanes) is 14. The molecule has 4 heteroatoms. The lowest BCUT2D eigenvalue weighted by Gasteiger charge is -2.05. The Morgan fingerprint density at radius 1 is 0.462 bits per heavy atom. The van der Waals surface area contributed by atoms with E-state index in [9.17, 15) is 9.59 Å². The van der Waals surface area contributed by atoms with Crippen LogP contribution in [0.2, 0.25) is 0 Å². The first kappa shape index (κ1) is 45.6. The minimum atomic E-state index is -0.449. The Kier molecular flexibility index (Phi) is 31.9. The molecule has 0 aromatic heterocycles. The summed E-state index contributed by atoms with van der Waals surface area (Å²) in [4.78, 5) is 24.1. The fourth-order valence-electron chi connectivity index (χ4n) is 5.02. The summed E-state index contributed by atoms with van der Waals surface area (Å²) in [6.07, 6.45) is 59.4. The molecular weight excluding hydrogens is 641 g/mol. The molecule has 0 fully saturated rings. The summed E-state index contributed by atoms with van der Waals surface area (Å²) in [5.41, 5.74) is 0.977. The van der Waals surface area contributed by atoms with Crippen LogP contribution >= 0.6 is 0 Å². The minimum Gasteiger partial charge on any atom is -0.462 e. The second-order valence-corrected chi connectivity index (χ2v) is 12.7. The van der Waals surface area contributed by atoms with Crippen LogP contribution in [0.1, 0.15) is 122 Å². The van der Waals surface area contributed by atoms with E-state index < -0.39 is 5.97 Å². The monoisotopic (exact) mass is 706 g/mol. The number of rotatable bonds is 30. The molecule has 0 aliphatic rings. The third-order valence-electron chi connectivity index (χ3n) is 8.02. The summed E-state index contributed by atoms with van der Waals surface area (Å²) < 4.78 is 10.6. The Morgan fingerprint density at radius 3 is 1.31 bits per heavy atom.